The van der Waals surface area contributed by atoms with Crippen LogP contribution in [0.3, 0.4) is 0 Å². The Hall–Kier alpha value is -1.60. The fourth-order valence-corrected chi connectivity index (χ4v) is 4.37. The first-order valence-electron chi connectivity index (χ1n) is 10.4. The Balaban J connectivity index is 1.69. The predicted octanol–water partition coefficient (Wildman–Crippen LogP) is 4.02. The van der Waals surface area contributed by atoms with Crippen molar-refractivity contribution in [2.45, 2.75) is 39.8 Å². The monoisotopic (exact) mass is 452 g/mol. The molecule has 0 spiro atoms. The molecule has 1 amide bonds. The molecule has 1 unspecified atom stereocenters. The third-order valence-corrected chi connectivity index (χ3v) is 6.13. The number of benzene rings is 1. The third kappa shape index (κ3) is 5.76. The maximum atomic E-state index is 13.0. The SMILES string of the molecule is Cc1nn(Cc2ccccc2Cl)c(Cl)c1C(=O)NCC(CC(C)C)N1CCOCC1. The molecular weight excluding hydrogens is 423 g/mol. The van der Waals surface area contributed by atoms with E-state index < -0.39 is 0 Å². The zero-order valence-electron chi connectivity index (χ0n) is 17.8. The number of carbonyl (C=O) groups excluding carboxylic acids is 1. The van der Waals surface area contributed by atoms with Gasteiger partial charge >= 0.3 is 0 Å². The van der Waals surface area contributed by atoms with Gasteiger partial charge in [0, 0.05) is 30.7 Å². The number of aromatic nitrogens is 2. The van der Waals surface area contributed by atoms with Crippen LogP contribution in [0.1, 0.15) is 41.9 Å². The van der Waals surface area contributed by atoms with Crippen molar-refractivity contribution in [3.8, 4) is 0 Å². The van der Waals surface area contributed by atoms with E-state index in [0.29, 0.717) is 40.4 Å². The van der Waals surface area contributed by atoms with Crippen LogP contribution in [-0.4, -0.2) is 59.5 Å². The summed E-state index contributed by atoms with van der Waals surface area (Å²) in [5.74, 6) is 0.350. The summed E-state index contributed by atoms with van der Waals surface area (Å²) in [5, 5.41) is 8.54. The number of morpholine rings is 1. The largest absolute Gasteiger partial charge is 0.379 e. The van der Waals surface area contributed by atoms with Crippen LogP contribution in [-0.2, 0) is 11.3 Å². The first-order valence-corrected chi connectivity index (χ1v) is 11.2. The van der Waals surface area contributed by atoms with Crippen LogP contribution in [0, 0.1) is 12.8 Å². The molecule has 1 fully saturated rings. The van der Waals surface area contributed by atoms with Crippen LogP contribution in [0.4, 0.5) is 0 Å². The molecule has 1 saturated heterocycles. The number of aryl methyl sites for hydroxylation is 1. The predicted molar refractivity (Wildman–Crippen MR) is 120 cm³/mol. The molecule has 0 radical (unpaired) electrons. The third-order valence-electron chi connectivity index (χ3n) is 5.37. The Morgan fingerprint density at radius 2 is 1.93 bits per heavy atom. The van der Waals surface area contributed by atoms with Gasteiger partial charge in [0.2, 0.25) is 0 Å². The maximum Gasteiger partial charge on any atom is 0.256 e. The summed E-state index contributed by atoms with van der Waals surface area (Å²) in [6.07, 6.45) is 1.01. The van der Waals surface area contributed by atoms with Gasteiger partial charge in [0.25, 0.3) is 5.91 Å². The summed E-state index contributed by atoms with van der Waals surface area (Å²) in [4.78, 5) is 15.4. The maximum absolute atomic E-state index is 13.0. The summed E-state index contributed by atoms with van der Waals surface area (Å²) in [7, 11) is 0. The molecule has 2 aromatic rings. The normalized spacial score (nSPS) is 16.1. The summed E-state index contributed by atoms with van der Waals surface area (Å²) in [6, 6.07) is 7.82. The number of carbonyl (C=O) groups is 1. The highest BCUT2D eigenvalue weighted by molar-refractivity contribution is 6.33. The van der Waals surface area contributed by atoms with Crippen LogP contribution < -0.4 is 5.32 Å². The van der Waals surface area contributed by atoms with Crippen molar-refractivity contribution in [3.63, 3.8) is 0 Å². The lowest BCUT2D eigenvalue weighted by atomic mass is 10.0. The topological polar surface area (TPSA) is 59.4 Å². The molecule has 164 valence electrons. The Morgan fingerprint density at radius 3 is 2.60 bits per heavy atom. The molecular formula is C22H30Cl2N4O2. The first-order chi connectivity index (χ1) is 14.4. The van der Waals surface area contributed by atoms with Gasteiger partial charge < -0.3 is 10.1 Å². The molecule has 6 nitrogen and oxygen atoms in total. The van der Waals surface area contributed by atoms with Crippen LogP contribution in [0.5, 0.6) is 0 Å². The van der Waals surface area contributed by atoms with Gasteiger partial charge in [0.1, 0.15) is 5.15 Å². The Morgan fingerprint density at radius 1 is 1.23 bits per heavy atom. The number of rotatable bonds is 8. The minimum Gasteiger partial charge on any atom is -0.379 e. The number of hydrogen-bond donors (Lipinski definition) is 1. The van der Waals surface area contributed by atoms with Crippen LogP contribution >= 0.6 is 23.2 Å². The minimum atomic E-state index is -0.190. The van der Waals surface area contributed by atoms with Crippen molar-refractivity contribution in [2.75, 3.05) is 32.8 Å². The summed E-state index contributed by atoms with van der Waals surface area (Å²) < 4.78 is 7.10. The lowest BCUT2D eigenvalue weighted by Crippen LogP contribution is -2.49. The summed E-state index contributed by atoms with van der Waals surface area (Å²) in [5.41, 5.74) is 1.94. The fraction of sp³-hybridized carbons (Fsp3) is 0.545. The lowest BCUT2D eigenvalue weighted by Gasteiger charge is -2.35. The number of ether oxygens (including phenoxy) is 1. The van der Waals surface area contributed by atoms with E-state index in [1.165, 1.54) is 0 Å². The van der Waals surface area contributed by atoms with Crippen molar-refractivity contribution in [3.05, 3.63) is 51.3 Å². The van der Waals surface area contributed by atoms with Gasteiger partial charge in [-0.15, -0.1) is 0 Å². The van der Waals surface area contributed by atoms with Gasteiger partial charge in [-0.2, -0.15) is 5.10 Å². The van der Waals surface area contributed by atoms with E-state index in [-0.39, 0.29) is 11.9 Å². The van der Waals surface area contributed by atoms with Gasteiger partial charge in [0.05, 0.1) is 31.0 Å². The van der Waals surface area contributed by atoms with E-state index in [1.54, 1.807) is 11.6 Å². The molecule has 1 aliphatic rings. The van der Waals surface area contributed by atoms with E-state index in [1.807, 2.05) is 24.3 Å². The van der Waals surface area contributed by atoms with Crippen molar-refractivity contribution >= 4 is 29.1 Å². The van der Waals surface area contributed by atoms with Gasteiger partial charge in [-0.3, -0.25) is 9.69 Å². The number of halogens is 2. The molecule has 3 rings (SSSR count). The van der Waals surface area contributed by atoms with Crippen molar-refractivity contribution in [1.29, 1.82) is 0 Å². The molecule has 0 saturated carbocycles. The van der Waals surface area contributed by atoms with Crippen molar-refractivity contribution in [2.24, 2.45) is 5.92 Å². The number of nitrogens with zero attached hydrogens (tertiary/aromatic N) is 3. The molecule has 30 heavy (non-hydrogen) atoms. The van der Waals surface area contributed by atoms with Gasteiger partial charge in [-0.05, 0) is 30.9 Å². The second-order valence-electron chi connectivity index (χ2n) is 8.14. The van der Waals surface area contributed by atoms with E-state index >= 15 is 0 Å². The Labute approximate surface area is 188 Å². The van der Waals surface area contributed by atoms with E-state index in [2.05, 4.69) is 29.2 Å². The van der Waals surface area contributed by atoms with E-state index in [4.69, 9.17) is 27.9 Å². The zero-order chi connectivity index (χ0) is 21.7. The summed E-state index contributed by atoms with van der Waals surface area (Å²) in [6.45, 7) is 10.5. The fourth-order valence-electron chi connectivity index (χ4n) is 3.85. The lowest BCUT2D eigenvalue weighted by molar-refractivity contribution is 0.0124. The number of nitrogens with one attached hydrogen (secondary N) is 1. The second kappa shape index (κ2) is 10.6. The standard InChI is InChI=1S/C22H30Cl2N4O2/c1-15(2)12-18(27-8-10-30-11-9-27)13-25-22(29)20-16(3)26-28(21(20)24)14-17-6-4-5-7-19(17)23/h4-7,15,18H,8-14H2,1-3H3,(H,25,29). The minimum absolute atomic E-state index is 0.190. The van der Waals surface area contributed by atoms with Crippen molar-refractivity contribution in [1.82, 2.24) is 20.0 Å². The van der Waals surface area contributed by atoms with Crippen LogP contribution in [0.15, 0.2) is 24.3 Å². The van der Waals surface area contributed by atoms with Gasteiger partial charge in [-0.1, -0.05) is 55.2 Å². The second-order valence-corrected chi connectivity index (χ2v) is 8.91. The smallest absolute Gasteiger partial charge is 0.256 e. The molecule has 2 heterocycles. The molecule has 0 aliphatic carbocycles. The molecule has 0 bridgehead atoms. The molecule has 1 N–H and O–H groups in total. The molecule has 1 aromatic heterocycles. The van der Waals surface area contributed by atoms with Crippen molar-refractivity contribution < 1.29 is 9.53 Å². The molecule has 1 aromatic carbocycles. The van der Waals surface area contributed by atoms with Gasteiger partial charge in [-0.25, -0.2) is 4.68 Å². The number of hydrogen-bond acceptors (Lipinski definition) is 4. The average molecular weight is 453 g/mol. The summed E-state index contributed by atoms with van der Waals surface area (Å²) >= 11 is 12.8. The Kier molecular flexibility index (Phi) is 8.17. The highest BCUT2D eigenvalue weighted by Gasteiger charge is 2.25. The first kappa shape index (κ1) is 23.1. The highest BCUT2D eigenvalue weighted by Crippen LogP contribution is 2.23. The number of amides is 1. The molecule has 8 heteroatoms. The highest BCUT2D eigenvalue weighted by atomic mass is 35.5. The van der Waals surface area contributed by atoms with E-state index in [0.717, 1.165) is 38.3 Å². The molecule has 1 atom stereocenters. The van der Waals surface area contributed by atoms with Crippen LogP contribution in [0.25, 0.3) is 0 Å². The quantitative estimate of drug-likeness (QED) is 0.656. The Bertz CT molecular complexity index is 863. The van der Waals surface area contributed by atoms with Crippen LogP contribution in [0.2, 0.25) is 10.2 Å². The van der Waals surface area contributed by atoms with Gasteiger partial charge in [0.15, 0.2) is 0 Å². The average Bonchev–Trinajstić information content (AvgIpc) is 3.00. The molecule has 1 aliphatic heterocycles. The zero-order valence-corrected chi connectivity index (χ0v) is 19.3. The van der Waals surface area contributed by atoms with E-state index in [9.17, 15) is 4.79 Å².